The summed E-state index contributed by atoms with van der Waals surface area (Å²) in [6.07, 6.45) is 0.855. The van der Waals surface area contributed by atoms with Crippen molar-refractivity contribution in [2.45, 2.75) is 39.8 Å². The lowest BCUT2D eigenvalue weighted by Gasteiger charge is -2.36. The standard InChI is InChI=1S/C17H26N4OS/c1-13(2)11-16-18-19-17(22-16)14(3)21-8-6-20(7-9-21)12-15-5-4-10-23-15/h4-5,10,13-14H,6-9,11-12H2,1-3H3. The first-order valence-electron chi connectivity index (χ1n) is 8.43. The topological polar surface area (TPSA) is 45.4 Å². The highest BCUT2D eigenvalue weighted by Crippen LogP contribution is 2.22. The third-order valence-corrected chi connectivity index (χ3v) is 5.20. The molecule has 0 amide bonds. The van der Waals surface area contributed by atoms with Crippen molar-refractivity contribution in [1.29, 1.82) is 0 Å². The van der Waals surface area contributed by atoms with Crippen molar-refractivity contribution in [3.05, 3.63) is 34.2 Å². The van der Waals surface area contributed by atoms with Crippen molar-refractivity contribution in [2.75, 3.05) is 26.2 Å². The van der Waals surface area contributed by atoms with Crippen LogP contribution in [-0.4, -0.2) is 46.2 Å². The van der Waals surface area contributed by atoms with Gasteiger partial charge in [0.25, 0.3) is 0 Å². The lowest BCUT2D eigenvalue weighted by atomic mass is 10.1. The summed E-state index contributed by atoms with van der Waals surface area (Å²) in [7, 11) is 0. The summed E-state index contributed by atoms with van der Waals surface area (Å²) in [6, 6.07) is 4.55. The van der Waals surface area contributed by atoms with Crippen LogP contribution in [0.15, 0.2) is 21.9 Å². The summed E-state index contributed by atoms with van der Waals surface area (Å²) in [6.45, 7) is 11.9. The summed E-state index contributed by atoms with van der Waals surface area (Å²) >= 11 is 1.84. The first-order valence-corrected chi connectivity index (χ1v) is 9.31. The predicted molar refractivity (Wildman–Crippen MR) is 92.4 cm³/mol. The summed E-state index contributed by atoms with van der Waals surface area (Å²) in [5.74, 6) is 2.06. The second kappa shape index (κ2) is 7.55. The van der Waals surface area contributed by atoms with Crippen LogP contribution in [0, 0.1) is 5.92 Å². The van der Waals surface area contributed by atoms with E-state index in [9.17, 15) is 0 Å². The molecule has 3 heterocycles. The van der Waals surface area contributed by atoms with Gasteiger partial charge in [-0.15, -0.1) is 21.5 Å². The third-order valence-electron chi connectivity index (χ3n) is 4.34. The van der Waals surface area contributed by atoms with Crippen LogP contribution in [0.3, 0.4) is 0 Å². The van der Waals surface area contributed by atoms with E-state index in [2.05, 4.69) is 58.3 Å². The summed E-state index contributed by atoms with van der Waals surface area (Å²) in [4.78, 5) is 6.41. The smallest absolute Gasteiger partial charge is 0.233 e. The Labute approximate surface area is 142 Å². The van der Waals surface area contributed by atoms with Gasteiger partial charge in [-0.3, -0.25) is 9.80 Å². The molecule has 1 saturated heterocycles. The number of rotatable bonds is 6. The van der Waals surface area contributed by atoms with E-state index in [4.69, 9.17) is 4.42 Å². The molecule has 3 rings (SSSR count). The maximum atomic E-state index is 5.85. The van der Waals surface area contributed by atoms with Crippen LogP contribution in [0.5, 0.6) is 0 Å². The Morgan fingerprint density at radius 3 is 2.61 bits per heavy atom. The molecule has 5 nitrogen and oxygen atoms in total. The van der Waals surface area contributed by atoms with E-state index < -0.39 is 0 Å². The molecule has 1 aliphatic heterocycles. The molecule has 0 aromatic carbocycles. The fourth-order valence-electron chi connectivity index (χ4n) is 2.96. The largest absolute Gasteiger partial charge is 0.424 e. The normalized spacial score (nSPS) is 18.6. The van der Waals surface area contributed by atoms with Gasteiger partial charge in [-0.1, -0.05) is 19.9 Å². The van der Waals surface area contributed by atoms with Crippen molar-refractivity contribution in [1.82, 2.24) is 20.0 Å². The number of piperazine rings is 1. The maximum absolute atomic E-state index is 5.85. The molecule has 1 atom stereocenters. The third kappa shape index (κ3) is 4.40. The minimum absolute atomic E-state index is 0.201. The molecule has 23 heavy (non-hydrogen) atoms. The molecule has 0 aliphatic carbocycles. The van der Waals surface area contributed by atoms with E-state index in [1.165, 1.54) is 4.88 Å². The van der Waals surface area contributed by atoms with Crippen LogP contribution >= 0.6 is 11.3 Å². The van der Waals surface area contributed by atoms with Gasteiger partial charge >= 0.3 is 0 Å². The highest BCUT2D eigenvalue weighted by atomic mass is 32.1. The molecule has 1 fully saturated rings. The SMILES string of the molecule is CC(C)Cc1nnc(C(C)N2CCN(Cc3cccs3)CC2)o1. The van der Waals surface area contributed by atoms with Crippen LogP contribution in [0.2, 0.25) is 0 Å². The molecule has 1 aliphatic rings. The van der Waals surface area contributed by atoms with Gasteiger partial charge in [0.2, 0.25) is 11.8 Å². The average molecular weight is 334 g/mol. The van der Waals surface area contributed by atoms with Crippen LogP contribution in [-0.2, 0) is 13.0 Å². The molecule has 2 aromatic rings. The van der Waals surface area contributed by atoms with E-state index in [0.29, 0.717) is 5.92 Å². The quantitative estimate of drug-likeness (QED) is 0.812. The first kappa shape index (κ1) is 16.6. The summed E-state index contributed by atoms with van der Waals surface area (Å²) in [5, 5.41) is 10.6. The Morgan fingerprint density at radius 1 is 1.17 bits per heavy atom. The number of hydrogen-bond donors (Lipinski definition) is 0. The van der Waals surface area contributed by atoms with Crippen molar-refractivity contribution < 1.29 is 4.42 Å². The van der Waals surface area contributed by atoms with Gasteiger partial charge in [-0.25, -0.2) is 0 Å². The zero-order chi connectivity index (χ0) is 16.2. The lowest BCUT2D eigenvalue weighted by Crippen LogP contribution is -2.46. The number of hydrogen-bond acceptors (Lipinski definition) is 6. The van der Waals surface area contributed by atoms with Crippen LogP contribution in [0.25, 0.3) is 0 Å². The summed E-state index contributed by atoms with van der Waals surface area (Å²) < 4.78 is 5.85. The molecule has 0 saturated carbocycles. The molecule has 6 heteroatoms. The van der Waals surface area contributed by atoms with Crippen molar-refractivity contribution in [2.24, 2.45) is 5.92 Å². The molecular weight excluding hydrogens is 308 g/mol. The first-order chi connectivity index (χ1) is 11.1. The lowest BCUT2D eigenvalue weighted by molar-refractivity contribution is 0.0873. The Hall–Kier alpha value is -1.24. The molecule has 0 radical (unpaired) electrons. The molecule has 0 spiro atoms. The van der Waals surface area contributed by atoms with Crippen molar-refractivity contribution in [3.63, 3.8) is 0 Å². The van der Waals surface area contributed by atoms with Gasteiger partial charge in [0.1, 0.15) is 0 Å². The van der Waals surface area contributed by atoms with Crippen molar-refractivity contribution >= 4 is 11.3 Å². The molecule has 0 bridgehead atoms. The van der Waals surface area contributed by atoms with Crippen LogP contribution in [0.1, 0.15) is 43.5 Å². The number of aromatic nitrogens is 2. The zero-order valence-electron chi connectivity index (χ0n) is 14.2. The predicted octanol–water partition coefficient (Wildman–Crippen LogP) is 3.21. The Balaban J connectivity index is 1.51. The molecule has 1 unspecified atom stereocenters. The second-order valence-corrected chi connectivity index (χ2v) is 7.73. The van der Waals surface area contributed by atoms with Gasteiger partial charge in [-0.05, 0) is 24.3 Å². The monoisotopic (exact) mass is 334 g/mol. The Kier molecular flexibility index (Phi) is 5.46. The minimum Gasteiger partial charge on any atom is -0.424 e. The van der Waals surface area contributed by atoms with E-state index in [-0.39, 0.29) is 6.04 Å². The van der Waals surface area contributed by atoms with E-state index in [1.54, 1.807) is 0 Å². The fraction of sp³-hybridized carbons (Fsp3) is 0.647. The number of nitrogens with zero attached hydrogens (tertiary/aromatic N) is 4. The Bertz CT molecular complexity index is 588. The van der Waals surface area contributed by atoms with Crippen molar-refractivity contribution in [3.8, 4) is 0 Å². The zero-order valence-corrected chi connectivity index (χ0v) is 15.1. The fourth-order valence-corrected chi connectivity index (χ4v) is 3.70. The van der Waals surface area contributed by atoms with Gasteiger partial charge in [0.15, 0.2) is 0 Å². The molecule has 2 aromatic heterocycles. The van der Waals surface area contributed by atoms with Gasteiger partial charge in [0.05, 0.1) is 6.04 Å². The van der Waals surface area contributed by atoms with E-state index in [0.717, 1.165) is 50.9 Å². The minimum atomic E-state index is 0.201. The molecule has 126 valence electrons. The Morgan fingerprint density at radius 2 is 1.96 bits per heavy atom. The van der Waals surface area contributed by atoms with Gasteiger partial charge < -0.3 is 4.42 Å². The van der Waals surface area contributed by atoms with Gasteiger partial charge in [-0.2, -0.15) is 0 Å². The second-order valence-electron chi connectivity index (χ2n) is 6.70. The highest BCUT2D eigenvalue weighted by Gasteiger charge is 2.25. The van der Waals surface area contributed by atoms with E-state index >= 15 is 0 Å². The number of thiophene rings is 1. The molecular formula is C17H26N4OS. The maximum Gasteiger partial charge on any atom is 0.233 e. The molecule has 0 N–H and O–H groups in total. The van der Waals surface area contributed by atoms with Gasteiger partial charge in [0, 0.05) is 44.0 Å². The average Bonchev–Trinajstić information content (AvgIpc) is 3.19. The van der Waals surface area contributed by atoms with E-state index in [1.807, 2.05) is 11.3 Å². The van der Waals surface area contributed by atoms with Crippen LogP contribution < -0.4 is 0 Å². The van der Waals surface area contributed by atoms with Crippen LogP contribution in [0.4, 0.5) is 0 Å². The highest BCUT2D eigenvalue weighted by molar-refractivity contribution is 7.09. The summed E-state index contributed by atoms with van der Waals surface area (Å²) in [5.41, 5.74) is 0.